The quantitative estimate of drug-likeness (QED) is 0.539. The van der Waals surface area contributed by atoms with Crippen molar-refractivity contribution in [3.63, 3.8) is 0 Å². The van der Waals surface area contributed by atoms with Crippen LogP contribution >= 0.6 is 0 Å². The van der Waals surface area contributed by atoms with Gasteiger partial charge in [0.1, 0.15) is 5.82 Å². The lowest BCUT2D eigenvalue weighted by Crippen LogP contribution is -2.32. The molecule has 170 valence electrons. The monoisotopic (exact) mass is 454 g/mol. The number of carbonyl (C=O) groups excluding carboxylic acids is 1. The molecule has 7 nitrogen and oxygen atoms in total. The highest BCUT2D eigenvalue weighted by atomic mass is 32.2. The molecule has 1 saturated carbocycles. The Kier molecular flexibility index (Phi) is 6.09. The van der Waals surface area contributed by atoms with Gasteiger partial charge in [-0.15, -0.1) is 0 Å². The number of amides is 1. The zero-order chi connectivity index (χ0) is 22.9. The maximum atomic E-state index is 12.6. The van der Waals surface area contributed by atoms with Crippen molar-refractivity contribution in [1.82, 2.24) is 19.2 Å². The van der Waals surface area contributed by atoms with Crippen molar-refractivity contribution in [2.45, 2.75) is 49.5 Å². The molecule has 1 amide bonds. The average molecular weight is 455 g/mol. The third kappa shape index (κ3) is 4.29. The van der Waals surface area contributed by atoms with Crippen LogP contribution in [0.3, 0.4) is 0 Å². The summed E-state index contributed by atoms with van der Waals surface area (Å²) in [6.45, 7) is 3.38. The summed E-state index contributed by atoms with van der Waals surface area (Å²) in [6, 6.07) is 15.4. The summed E-state index contributed by atoms with van der Waals surface area (Å²) >= 11 is 0. The number of hydrogen-bond acceptors (Lipinski definition) is 4. The van der Waals surface area contributed by atoms with Crippen LogP contribution in [0.25, 0.3) is 11.0 Å². The van der Waals surface area contributed by atoms with E-state index in [1.807, 2.05) is 29.7 Å². The molecule has 1 heterocycles. The van der Waals surface area contributed by atoms with Gasteiger partial charge >= 0.3 is 0 Å². The van der Waals surface area contributed by atoms with E-state index < -0.39 is 10.0 Å². The highest BCUT2D eigenvalue weighted by molar-refractivity contribution is 7.89. The lowest BCUT2D eigenvalue weighted by molar-refractivity contribution is -0.121. The first-order valence-corrected chi connectivity index (χ1v) is 12.4. The number of rotatable bonds is 9. The zero-order valence-electron chi connectivity index (χ0n) is 18.8. The molecule has 2 aromatic carbocycles. The standard InChI is InChI=1S/C24H30N4O3S/c1-4-28-21-11-10-19(32(30,31)27(2)3)16-20(21)26-22(28)12-13-23(29)25-17-24(14-15-24)18-8-6-5-7-9-18/h5-11,16H,4,12-15,17H2,1-3H3,(H,25,29). The molecule has 3 aromatic rings. The van der Waals surface area contributed by atoms with Crippen LogP contribution in [-0.2, 0) is 33.2 Å². The van der Waals surface area contributed by atoms with E-state index in [1.165, 1.54) is 24.0 Å². The smallest absolute Gasteiger partial charge is 0.242 e. The first kappa shape index (κ1) is 22.5. The van der Waals surface area contributed by atoms with Gasteiger partial charge in [-0.25, -0.2) is 17.7 Å². The van der Waals surface area contributed by atoms with Crippen LogP contribution in [-0.4, -0.2) is 48.8 Å². The molecular formula is C24H30N4O3S. The Hall–Kier alpha value is -2.71. The van der Waals surface area contributed by atoms with Crippen molar-refractivity contribution < 1.29 is 13.2 Å². The number of aromatic nitrogens is 2. The van der Waals surface area contributed by atoms with Crippen molar-refractivity contribution in [2.75, 3.05) is 20.6 Å². The first-order valence-electron chi connectivity index (χ1n) is 11.0. The summed E-state index contributed by atoms with van der Waals surface area (Å²) in [4.78, 5) is 17.4. The number of carbonyl (C=O) groups is 1. The normalized spacial score (nSPS) is 15.2. The van der Waals surface area contributed by atoms with Crippen LogP contribution in [0.15, 0.2) is 53.4 Å². The Morgan fingerprint density at radius 1 is 1.16 bits per heavy atom. The van der Waals surface area contributed by atoms with Crippen LogP contribution in [0, 0.1) is 0 Å². The predicted octanol–water partition coefficient (Wildman–Crippen LogP) is 3.09. The Labute approximate surface area is 189 Å². The molecule has 32 heavy (non-hydrogen) atoms. The summed E-state index contributed by atoms with van der Waals surface area (Å²) in [5.74, 6) is 0.805. The molecule has 0 unspecified atom stereocenters. The Bertz CT molecular complexity index is 1230. The molecule has 1 N–H and O–H groups in total. The fourth-order valence-corrected chi connectivity index (χ4v) is 5.09. The molecular weight excluding hydrogens is 424 g/mol. The molecule has 0 saturated heterocycles. The van der Waals surface area contributed by atoms with E-state index in [0.717, 1.165) is 24.2 Å². The van der Waals surface area contributed by atoms with Crippen LogP contribution in [0.1, 0.15) is 37.6 Å². The summed E-state index contributed by atoms with van der Waals surface area (Å²) in [5.41, 5.74) is 2.88. The van der Waals surface area contributed by atoms with Crippen LogP contribution in [0.2, 0.25) is 0 Å². The number of hydrogen-bond donors (Lipinski definition) is 1. The van der Waals surface area contributed by atoms with E-state index in [1.54, 1.807) is 18.2 Å². The second kappa shape index (κ2) is 8.67. The topological polar surface area (TPSA) is 84.3 Å². The van der Waals surface area contributed by atoms with E-state index in [0.29, 0.717) is 31.4 Å². The van der Waals surface area contributed by atoms with E-state index in [2.05, 4.69) is 22.4 Å². The molecule has 0 atom stereocenters. The highest BCUT2D eigenvalue weighted by Crippen LogP contribution is 2.47. The zero-order valence-corrected chi connectivity index (χ0v) is 19.7. The summed E-state index contributed by atoms with van der Waals surface area (Å²) in [7, 11) is -0.499. The molecule has 8 heteroatoms. The van der Waals surface area contributed by atoms with Gasteiger partial charge in [-0.2, -0.15) is 0 Å². The minimum atomic E-state index is -3.52. The molecule has 1 aliphatic carbocycles. The number of sulfonamides is 1. The minimum absolute atomic E-state index is 0.0118. The van der Waals surface area contributed by atoms with Crippen LogP contribution in [0.4, 0.5) is 0 Å². The number of fused-ring (bicyclic) bond motifs is 1. The fraction of sp³-hybridized carbons (Fsp3) is 0.417. The van der Waals surface area contributed by atoms with Crippen molar-refractivity contribution in [1.29, 1.82) is 0 Å². The lowest BCUT2D eigenvalue weighted by Gasteiger charge is -2.16. The summed E-state index contributed by atoms with van der Waals surface area (Å²) in [6.07, 6.45) is 3.04. The van der Waals surface area contributed by atoms with E-state index in [4.69, 9.17) is 0 Å². The maximum Gasteiger partial charge on any atom is 0.242 e. The Morgan fingerprint density at radius 3 is 2.50 bits per heavy atom. The summed E-state index contributed by atoms with van der Waals surface area (Å²) < 4.78 is 28.1. The van der Waals surface area contributed by atoms with Gasteiger partial charge in [0, 0.05) is 45.4 Å². The second-order valence-electron chi connectivity index (χ2n) is 8.63. The number of benzene rings is 2. The maximum absolute atomic E-state index is 12.6. The molecule has 4 rings (SSSR count). The Morgan fingerprint density at radius 2 is 1.88 bits per heavy atom. The van der Waals surface area contributed by atoms with Gasteiger partial charge < -0.3 is 9.88 Å². The molecule has 0 radical (unpaired) electrons. The Balaban J connectivity index is 1.44. The molecule has 1 fully saturated rings. The van der Waals surface area contributed by atoms with Crippen LogP contribution in [0.5, 0.6) is 0 Å². The van der Waals surface area contributed by atoms with Crippen molar-refractivity contribution >= 4 is 27.0 Å². The van der Waals surface area contributed by atoms with Gasteiger partial charge in [0.15, 0.2) is 0 Å². The summed E-state index contributed by atoms with van der Waals surface area (Å²) in [5, 5.41) is 3.11. The predicted molar refractivity (Wildman–Crippen MR) is 125 cm³/mol. The fourth-order valence-electron chi connectivity index (χ4n) is 4.17. The van der Waals surface area contributed by atoms with Gasteiger partial charge in [-0.3, -0.25) is 4.79 Å². The molecule has 0 aliphatic heterocycles. The van der Waals surface area contributed by atoms with Crippen molar-refractivity contribution in [3.05, 3.63) is 59.9 Å². The van der Waals surface area contributed by atoms with Gasteiger partial charge in [-0.1, -0.05) is 30.3 Å². The average Bonchev–Trinajstić information content (AvgIpc) is 3.50. The second-order valence-corrected chi connectivity index (χ2v) is 10.8. The molecule has 0 bridgehead atoms. The first-order chi connectivity index (χ1) is 15.3. The van der Waals surface area contributed by atoms with Gasteiger partial charge in [0.25, 0.3) is 0 Å². The van der Waals surface area contributed by atoms with Gasteiger partial charge in [0.05, 0.1) is 15.9 Å². The molecule has 1 aliphatic rings. The van der Waals surface area contributed by atoms with E-state index in [9.17, 15) is 13.2 Å². The van der Waals surface area contributed by atoms with Crippen LogP contribution < -0.4 is 5.32 Å². The SMILES string of the molecule is CCn1c(CCC(=O)NCC2(c3ccccc3)CC2)nc2cc(S(=O)(=O)N(C)C)ccc21. The van der Waals surface area contributed by atoms with Gasteiger partial charge in [0.2, 0.25) is 15.9 Å². The largest absolute Gasteiger partial charge is 0.355 e. The van der Waals surface area contributed by atoms with E-state index >= 15 is 0 Å². The number of nitrogens with one attached hydrogen (secondary N) is 1. The number of imidazole rings is 1. The lowest BCUT2D eigenvalue weighted by atomic mass is 9.96. The highest BCUT2D eigenvalue weighted by Gasteiger charge is 2.44. The molecule has 1 aromatic heterocycles. The molecule has 0 spiro atoms. The van der Waals surface area contributed by atoms with Crippen molar-refractivity contribution in [2.24, 2.45) is 0 Å². The van der Waals surface area contributed by atoms with E-state index in [-0.39, 0.29) is 16.2 Å². The third-order valence-corrected chi connectivity index (χ3v) is 8.14. The third-order valence-electron chi connectivity index (χ3n) is 6.33. The minimum Gasteiger partial charge on any atom is -0.355 e. The number of nitrogens with zero attached hydrogens (tertiary/aromatic N) is 3. The number of aryl methyl sites for hydroxylation is 2. The van der Waals surface area contributed by atoms with Gasteiger partial charge in [-0.05, 0) is 43.5 Å². The van der Waals surface area contributed by atoms with Crippen molar-refractivity contribution in [3.8, 4) is 0 Å².